The van der Waals surface area contributed by atoms with Gasteiger partial charge in [0, 0.05) is 33.4 Å². The summed E-state index contributed by atoms with van der Waals surface area (Å²) in [6.45, 7) is 3.77. The van der Waals surface area contributed by atoms with E-state index in [0.717, 1.165) is 27.2 Å². The number of Topliss-reactive ketones (excluding diaryl/α,β-unsaturated/α-hetero) is 1. The topological polar surface area (TPSA) is 39.2 Å². The fraction of sp³-hybridized carbons (Fsp3) is 0.250. The van der Waals surface area contributed by atoms with Crippen molar-refractivity contribution in [2.45, 2.75) is 20.3 Å². The Morgan fingerprint density at radius 3 is 2.65 bits per heavy atom. The molecule has 0 radical (unpaired) electrons. The lowest BCUT2D eigenvalue weighted by Crippen LogP contribution is -2.08. The van der Waals surface area contributed by atoms with Crippen LogP contribution in [0.5, 0.6) is 5.75 Å². The maximum absolute atomic E-state index is 12.4. The number of ketones is 1. The Bertz CT molecular complexity index is 653. The number of aryl methyl sites for hydroxylation is 2. The van der Waals surface area contributed by atoms with Gasteiger partial charge >= 0.3 is 0 Å². The molecule has 0 fully saturated rings. The Kier molecular flexibility index (Phi) is 4.55. The molecule has 4 heteroatoms. The first-order valence-corrected chi connectivity index (χ1v) is 7.10. The summed E-state index contributed by atoms with van der Waals surface area (Å²) in [5, 5.41) is 0. The highest BCUT2D eigenvalue weighted by Gasteiger charge is 2.14. The Morgan fingerprint density at radius 1 is 1.25 bits per heavy atom. The van der Waals surface area contributed by atoms with Crippen LogP contribution in [0, 0.1) is 13.8 Å². The zero-order valence-electron chi connectivity index (χ0n) is 11.7. The predicted molar refractivity (Wildman–Crippen MR) is 82.4 cm³/mol. The number of carbonyl (C=O) groups excluding carboxylic acids is 1. The van der Waals surface area contributed by atoms with E-state index in [1.807, 2.05) is 44.2 Å². The summed E-state index contributed by atoms with van der Waals surface area (Å²) in [5.41, 5.74) is 3.22. The fourth-order valence-electron chi connectivity index (χ4n) is 2.13. The molecule has 0 aliphatic rings. The number of hydrogen-bond acceptors (Lipinski definition) is 3. The molecular weight excluding hydrogens is 318 g/mol. The zero-order valence-corrected chi connectivity index (χ0v) is 13.3. The van der Waals surface area contributed by atoms with Crippen molar-refractivity contribution in [3.63, 3.8) is 0 Å². The largest absolute Gasteiger partial charge is 0.496 e. The van der Waals surface area contributed by atoms with Gasteiger partial charge in [0.25, 0.3) is 0 Å². The molecule has 0 spiro atoms. The summed E-state index contributed by atoms with van der Waals surface area (Å²) < 4.78 is 6.23. The van der Waals surface area contributed by atoms with E-state index in [0.29, 0.717) is 12.0 Å². The summed E-state index contributed by atoms with van der Waals surface area (Å²) in [5.74, 6) is 0.769. The average molecular weight is 334 g/mol. The van der Waals surface area contributed by atoms with Gasteiger partial charge in [-0.25, -0.2) is 0 Å². The molecule has 2 aromatic rings. The van der Waals surface area contributed by atoms with E-state index >= 15 is 0 Å². The number of benzene rings is 1. The minimum Gasteiger partial charge on any atom is -0.496 e. The molecule has 0 amide bonds. The molecule has 0 saturated carbocycles. The number of ether oxygens (including phenoxy) is 1. The zero-order chi connectivity index (χ0) is 14.7. The number of rotatable bonds is 4. The van der Waals surface area contributed by atoms with Crippen LogP contribution >= 0.6 is 15.9 Å². The van der Waals surface area contributed by atoms with Crippen molar-refractivity contribution in [1.82, 2.24) is 4.98 Å². The molecule has 1 heterocycles. The SMILES string of the molecule is COc1ccc(Br)cc1CC(=O)c1ccc(C)nc1C. The van der Waals surface area contributed by atoms with Crippen LogP contribution in [-0.4, -0.2) is 17.9 Å². The van der Waals surface area contributed by atoms with Crippen LogP contribution in [-0.2, 0) is 6.42 Å². The van der Waals surface area contributed by atoms with Gasteiger partial charge in [-0.2, -0.15) is 0 Å². The van der Waals surface area contributed by atoms with Crippen LogP contribution in [0.3, 0.4) is 0 Å². The fourth-order valence-corrected chi connectivity index (χ4v) is 2.54. The van der Waals surface area contributed by atoms with E-state index < -0.39 is 0 Å². The van der Waals surface area contributed by atoms with Crippen LogP contribution in [0.4, 0.5) is 0 Å². The Balaban J connectivity index is 2.30. The molecule has 3 nitrogen and oxygen atoms in total. The molecule has 20 heavy (non-hydrogen) atoms. The second-order valence-corrected chi connectivity index (χ2v) is 5.56. The van der Waals surface area contributed by atoms with E-state index in [1.54, 1.807) is 7.11 Å². The van der Waals surface area contributed by atoms with Gasteiger partial charge < -0.3 is 4.74 Å². The van der Waals surface area contributed by atoms with E-state index in [-0.39, 0.29) is 5.78 Å². The molecule has 0 saturated heterocycles. The number of methoxy groups -OCH3 is 1. The lowest BCUT2D eigenvalue weighted by molar-refractivity contribution is 0.0991. The minimum atomic E-state index is 0.0476. The first-order valence-electron chi connectivity index (χ1n) is 6.31. The molecule has 0 atom stereocenters. The van der Waals surface area contributed by atoms with E-state index in [4.69, 9.17) is 4.74 Å². The average Bonchev–Trinajstić information content (AvgIpc) is 2.38. The van der Waals surface area contributed by atoms with Gasteiger partial charge in [0.2, 0.25) is 0 Å². The van der Waals surface area contributed by atoms with Gasteiger partial charge in [-0.15, -0.1) is 0 Å². The van der Waals surface area contributed by atoms with Gasteiger partial charge in [0.05, 0.1) is 7.11 Å². The predicted octanol–water partition coefficient (Wildman–Crippen LogP) is 3.89. The van der Waals surface area contributed by atoms with Gasteiger partial charge in [-0.05, 0) is 44.2 Å². The first kappa shape index (κ1) is 14.7. The number of aromatic nitrogens is 1. The third-order valence-corrected chi connectivity index (χ3v) is 3.61. The second kappa shape index (κ2) is 6.18. The molecule has 2 rings (SSSR count). The number of pyridine rings is 1. The number of carbonyl (C=O) groups is 1. The summed E-state index contributed by atoms with van der Waals surface area (Å²) >= 11 is 3.42. The molecule has 1 aromatic carbocycles. The van der Waals surface area contributed by atoms with Crippen molar-refractivity contribution >= 4 is 21.7 Å². The molecule has 1 aromatic heterocycles. The van der Waals surface area contributed by atoms with Crippen molar-refractivity contribution in [2.75, 3.05) is 7.11 Å². The van der Waals surface area contributed by atoms with Crippen molar-refractivity contribution in [2.24, 2.45) is 0 Å². The number of nitrogens with zero attached hydrogens (tertiary/aromatic N) is 1. The summed E-state index contributed by atoms with van der Waals surface area (Å²) in [6.07, 6.45) is 0.300. The monoisotopic (exact) mass is 333 g/mol. The van der Waals surface area contributed by atoms with Crippen LogP contribution in [0.2, 0.25) is 0 Å². The van der Waals surface area contributed by atoms with Crippen molar-refractivity contribution in [3.05, 3.63) is 57.3 Å². The number of halogens is 1. The molecule has 0 aliphatic heterocycles. The lowest BCUT2D eigenvalue weighted by atomic mass is 10.0. The van der Waals surface area contributed by atoms with Gasteiger partial charge in [0.1, 0.15) is 5.75 Å². The highest BCUT2D eigenvalue weighted by molar-refractivity contribution is 9.10. The highest BCUT2D eigenvalue weighted by atomic mass is 79.9. The summed E-state index contributed by atoms with van der Waals surface area (Å²) in [7, 11) is 1.61. The Labute approximate surface area is 127 Å². The maximum atomic E-state index is 12.4. The van der Waals surface area contributed by atoms with Gasteiger partial charge in [0.15, 0.2) is 5.78 Å². The summed E-state index contributed by atoms with van der Waals surface area (Å²) in [4.78, 5) is 16.7. The quantitative estimate of drug-likeness (QED) is 0.796. The Morgan fingerprint density at radius 2 is 2.00 bits per heavy atom. The lowest BCUT2D eigenvalue weighted by Gasteiger charge is -2.09. The van der Waals surface area contributed by atoms with E-state index in [2.05, 4.69) is 20.9 Å². The first-order chi connectivity index (χ1) is 9.51. The molecule has 0 aliphatic carbocycles. The minimum absolute atomic E-state index is 0.0476. The second-order valence-electron chi connectivity index (χ2n) is 4.64. The van der Waals surface area contributed by atoms with Crippen LogP contribution < -0.4 is 4.74 Å². The van der Waals surface area contributed by atoms with E-state index in [9.17, 15) is 4.79 Å². The highest BCUT2D eigenvalue weighted by Crippen LogP contribution is 2.24. The van der Waals surface area contributed by atoms with Gasteiger partial charge in [-0.3, -0.25) is 9.78 Å². The standard InChI is InChI=1S/C16H16BrNO2/c1-10-4-6-14(11(2)18-10)15(19)9-12-8-13(17)5-7-16(12)20-3/h4-8H,9H2,1-3H3. The molecule has 0 N–H and O–H groups in total. The maximum Gasteiger partial charge on any atom is 0.169 e. The molecule has 104 valence electrons. The third-order valence-electron chi connectivity index (χ3n) is 3.12. The molecule has 0 bridgehead atoms. The molecule has 0 unspecified atom stereocenters. The van der Waals surface area contributed by atoms with E-state index in [1.165, 1.54) is 0 Å². The van der Waals surface area contributed by atoms with Crippen LogP contribution in [0.25, 0.3) is 0 Å². The van der Waals surface area contributed by atoms with Gasteiger partial charge in [-0.1, -0.05) is 15.9 Å². The summed E-state index contributed by atoms with van der Waals surface area (Å²) in [6, 6.07) is 9.36. The van der Waals surface area contributed by atoms with Crippen molar-refractivity contribution < 1.29 is 9.53 Å². The van der Waals surface area contributed by atoms with Crippen LogP contribution in [0.1, 0.15) is 27.3 Å². The third kappa shape index (κ3) is 3.25. The number of hydrogen-bond donors (Lipinski definition) is 0. The van der Waals surface area contributed by atoms with Crippen LogP contribution in [0.15, 0.2) is 34.8 Å². The molecular formula is C16H16BrNO2. The Hall–Kier alpha value is -1.68. The van der Waals surface area contributed by atoms with Crippen molar-refractivity contribution in [3.8, 4) is 5.75 Å². The smallest absolute Gasteiger partial charge is 0.169 e. The normalized spacial score (nSPS) is 10.4. The van der Waals surface area contributed by atoms with Crippen molar-refractivity contribution in [1.29, 1.82) is 0 Å².